The van der Waals surface area contributed by atoms with Crippen molar-refractivity contribution in [3.63, 3.8) is 0 Å². The number of aryl methyl sites for hydroxylation is 1. The summed E-state index contributed by atoms with van der Waals surface area (Å²) in [5.74, 6) is -0.0698. The van der Waals surface area contributed by atoms with Crippen molar-refractivity contribution in [2.45, 2.75) is 26.2 Å². The van der Waals surface area contributed by atoms with Crippen LogP contribution in [0, 0.1) is 6.92 Å². The number of rotatable bonds is 7. The summed E-state index contributed by atoms with van der Waals surface area (Å²) in [4.78, 5) is 11.5. The Kier molecular flexibility index (Phi) is 6.81. The molecule has 0 radical (unpaired) electrons. The number of hydrogen-bond acceptors (Lipinski definition) is 2. The lowest BCUT2D eigenvalue weighted by molar-refractivity contribution is -0.116. The number of nitrogens with one attached hydrogen (secondary N) is 1. The molecular formula is C15H21NO2. The molecule has 0 fully saturated rings. The van der Waals surface area contributed by atoms with Gasteiger partial charge in [-0.3, -0.25) is 4.79 Å². The van der Waals surface area contributed by atoms with Gasteiger partial charge in [0.1, 0.15) is 0 Å². The summed E-state index contributed by atoms with van der Waals surface area (Å²) < 4.78 is 0. The van der Waals surface area contributed by atoms with Gasteiger partial charge < -0.3 is 10.4 Å². The molecule has 1 aromatic rings. The molecule has 1 aromatic carbocycles. The fourth-order valence-corrected chi connectivity index (χ4v) is 1.53. The van der Waals surface area contributed by atoms with Gasteiger partial charge in [0, 0.05) is 19.2 Å². The first-order valence-electron chi connectivity index (χ1n) is 6.36. The number of carbonyl (C=O) groups excluding carboxylic acids is 1. The lowest BCUT2D eigenvalue weighted by Gasteiger charge is -2.01. The third-order valence-electron chi connectivity index (χ3n) is 2.64. The van der Waals surface area contributed by atoms with E-state index in [1.54, 1.807) is 6.08 Å². The fraction of sp³-hybridized carbons (Fsp3) is 0.400. The topological polar surface area (TPSA) is 49.3 Å². The molecule has 0 spiro atoms. The second-order valence-corrected chi connectivity index (χ2v) is 4.32. The number of aliphatic hydroxyl groups is 1. The van der Waals surface area contributed by atoms with Gasteiger partial charge in [-0.2, -0.15) is 0 Å². The smallest absolute Gasteiger partial charge is 0.243 e. The second kappa shape index (κ2) is 8.48. The van der Waals surface area contributed by atoms with Crippen molar-refractivity contribution in [2.24, 2.45) is 0 Å². The van der Waals surface area contributed by atoms with Crippen molar-refractivity contribution < 1.29 is 9.90 Å². The molecule has 0 saturated carbocycles. The van der Waals surface area contributed by atoms with Crippen LogP contribution in [-0.2, 0) is 4.79 Å². The highest BCUT2D eigenvalue weighted by Crippen LogP contribution is 2.04. The van der Waals surface area contributed by atoms with Crippen molar-refractivity contribution in [1.29, 1.82) is 0 Å². The molecule has 1 amide bonds. The van der Waals surface area contributed by atoms with Crippen LogP contribution in [0.15, 0.2) is 30.3 Å². The van der Waals surface area contributed by atoms with E-state index in [4.69, 9.17) is 5.11 Å². The fourth-order valence-electron chi connectivity index (χ4n) is 1.53. The van der Waals surface area contributed by atoms with Crippen molar-refractivity contribution in [3.8, 4) is 0 Å². The van der Waals surface area contributed by atoms with Crippen LogP contribution < -0.4 is 5.32 Å². The number of carbonyl (C=O) groups is 1. The largest absolute Gasteiger partial charge is 0.396 e. The monoisotopic (exact) mass is 247 g/mol. The molecule has 0 aliphatic rings. The molecular weight excluding hydrogens is 226 g/mol. The maximum atomic E-state index is 11.5. The molecule has 18 heavy (non-hydrogen) atoms. The Balaban J connectivity index is 2.25. The Morgan fingerprint density at radius 1 is 1.22 bits per heavy atom. The summed E-state index contributed by atoms with van der Waals surface area (Å²) in [6.07, 6.45) is 6.01. The molecule has 3 nitrogen and oxygen atoms in total. The standard InChI is InChI=1S/C15H21NO2/c1-13-5-7-14(8-6-13)9-10-15(18)16-11-3-2-4-12-17/h5-10,17H,2-4,11-12H2,1H3,(H,16,18)/b10-9+. The summed E-state index contributed by atoms with van der Waals surface area (Å²) in [5.41, 5.74) is 2.23. The predicted molar refractivity (Wildman–Crippen MR) is 74.2 cm³/mol. The number of amides is 1. The van der Waals surface area contributed by atoms with E-state index in [-0.39, 0.29) is 12.5 Å². The molecule has 98 valence electrons. The highest BCUT2D eigenvalue weighted by molar-refractivity contribution is 5.91. The Bertz CT molecular complexity index is 382. The first-order valence-corrected chi connectivity index (χ1v) is 6.36. The van der Waals surface area contributed by atoms with Crippen molar-refractivity contribution >= 4 is 12.0 Å². The van der Waals surface area contributed by atoms with Crippen LogP contribution in [0.4, 0.5) is 0 Å². The summed E-state index contributed by atoms with van der Waals surface area (Å²) in [6, 6.07) is 8.01. The first kappa shape index (κ1) is 14.5. The minimum Gasteiger partial charge on any atom is -0.396 e. The Hall–Kier alpha value is -1.61. The van der Waals surface area contributed by atoms with E-state index in [0.717, 1.165) is 24.8 Å². The van der Waals surface area contributed by atoms with Gasteiger partial charge in [-0.05, 0) is 37.8 Å². The van der Waals surface area contributed by atoms with Gasteiger partial charge in [0.25, 0.3) is 0 Å². The van der Waals surface area contributed by atoms with Crippen LogP contribution in [0.1, 0.15) is 30.4 Å². The van der Waals surface area contributed by atoms with E-state index in [9.17, 15) is 4.79 Å². The quantitative estimate of drug-likeness (QED) is 0.573. The summed E-state index contributed by atoms with van der Waals surface area (Å²) in [7, 11) is 0. The van der Waals surface area contributed by atoms with Crippen LogP contribution in [0.3, 0.4) is 0 Å². The number of hydrogen-bond donors (Lipinski definition) is 2. The Labute approximate surface area is 109 Å². The van der Waals surface area contributed by atoms with Gasteiger partial charge in [0.15, 0.2) is 0 Å². The van der Waals surface area contributed by atoms with Crippen LogP contribution in [-0.4, -0.2) is 24.2 Å². The molecule has 3 heteroatoms. The molecule has 0 bridgehead atoms. The molecule has 0 aliphatic heterocycles. The minimum atomic E-state index is -0.0698. The van der Waals surface area contributed by atoms with Gasteiger partial charge in [0.2, 0.25) is 5.91 Å². The Morgan fingerprint density at radius 2 is 1.94 bits per heavy atom. The van der Waals surface area contributed by atoms with Crippen LogP contribution >= 0.6 is 0 Å². The van der Waals surface area contributed by atoms with Gasteiger partial charge in [-0.1, -0.05) is 29.8 Å². The van der Waals surface area contributed by atoms with Gasteiger partial charge >= 0.3 is 0 Å². The minimum absolute atomic E-state index is 0.0698. The number of aliphatic hydroxyl groups excluding tert-OH is 1. The zero-order valence-corrected chi connectivity index (χ0v) is 10.9. The molecule has 0 saturated heterocycles. The normalized spacial score (nSPS) is 10.8. The molecule has 0 aromatic heterocycles. The highest BCUT2D eigenvalue weighted by Gasteiger charge is 1.94. The van der Waals surface area contributed by atoms with E-state index in [2.05, 4.69) is 5.32 Å². The SMILES string of the molecule is Cc1ccc(/C=C/C(=O)NCCCCCO)cc1. The van der Waals surface area contributed by atoms with E-state index in [1.807, 2.05) is 37.3 Å². The lowest BCUT2D eigenvalue weighted by atomic mass is 10.1. The van der Waals surface area contributed by atoms with Gasteiger partial charge in [-0.25, -0.2) is 0 Å². The van der Waals surface area contributed by atoms with E-state index in [0.29, 0.717) is 6.54 Å². The average Bonchev–Trinajstić information content (AvgIpc) is 2.38. The molecule has 0 heterocycles. The summed E-state index contributed by atoms with van der Waals surface area (Å²) >= 11 is 0. The number of unbranched alkanes of at least 4 members (excludes halogenated alkanes) is 2. The molecule has 0 unspecified atom stereocenters. The highest BCUT2D eigenvalue weighted by atomic mass is 16.2. The van der Waals surface area contributed by atoms with Crippen LogP contribution in [0.2, 0.25) is 0 Å². The molecule has 0 aliphatic carbocycles. The van der Waals surface area contributed by atoms with E-state index >= 15 is 0 Å². The molecule has 2 N–H and O–H groups in total. The van der Waals surface area contributed by atoms with Crippen LogP contribution in [0.25, 0.3) is 6.08 Å². The maximum absolute atomic E-state index is 11.5. The van der Waals surface area contributed by atoms with Crippen molar-refractivity contribution in [2.75, 3.05) is 13.2 Å². The van der Waals surface area contributed by atoms with Crippen molar-refractivity contribution in [1.82, 2.24) is 5.32 Å². The second-order valence-electron chi connectivity index (χ2n) is 4.32. The average molecular weight is 247 g/mol. The molecule has 0 atom stereocenters. The summed E-state index contributed by atoms with van der Waals surface area (Å²) in [5, 5.41) is 11.4. The van der Waals surface area contributed by atoms with E-state index in [1.165, 1.54) is 5.56 Å². The zero-order chi connectivity index (χ0) is 13.2. The molecule has 1 rings (SSSR count). The third-order valence-corrected chi connectivity index (χ3v) is 2.64. The third kappa shape index (κ3) is 6.21. The first-order chi connectivity index (χ1) is 8.72. The Morgan fingerprint density at radius 3 is 2.61 bits per heavy atom. The predicted octanol–water partition coefficient (Wildman–Crippen LogP) is 2.29. The van der Waals surface area contributed by atoms with Gasteiger partial charge in [0.05, 0.1) is 0 Å². The maximum Gasteiger partial charge on any atom is 0.243 e. The van der Waals surface area contributed by atoms with Crippen LogP contribution in [0.5, 0.6) is 0 Å². The van der Waals surface area contributed by atoms with Gasteiger partial charge in [-0.15, -0.1) is 0 Å². The summed E-state index contributed by atoms with van der Waals surface area (Å²) in [6.45, 7) is 2.92. The zero-order valence-electron chi connectivity index (χ0n) is 10.9. The lowest BCUT2D eigenvalue weighted by Crippen LogP contribution is -2.22. The van der Waals surface area contributed by atoms with E-state index < -0.39 is 0 Å². The van der Waals surface area contributed by atoms with Crippen molar-refractivity contribution in [3.05, 3.63) is 41.5 Å². The number of benzene rings is 1.